The molecule has 152 valence electrons. The Hall–Kier alpha value is -3.06. The first kappa shape index (κ1) is 19.3. The SMILES string of the molecule is COc1cc2c(N3CCC(O)(c4ccccc4)CC3)ncnc2c(OC)c1OC. The number of benzene rings is 2. The lowest BCUT2D eigenvalue weighted by molar-refractivity contribution is 0.0117. The summed E-state index contributed by atoms with van der Waals surface area (Å²) >= 11 is 0. The van der Waals surface area contributed by atoms with Gasteiger partial charge in [0.2, 0.25) is 5.75 Å². The monoisotopic (exact) mass is 395 g/mol. The van der Waals surface area contributed by atoms with Crippen LogP contribution in [0.2, 0.25) is 0 Å². The van der Waals surface area contributed by atoms with Crippen LogP contribution in [0.15, 0.2) is 42.7 Å². The number of fused-ring (bicyclic) bond motifs is 1. The normalized spacial score (nSPS) is 15.9. The zero-order valence-electron chi connectivity index (χ0n) is 16.9. The standard InChI is InChI=1S/C22H25N3O4/c1-27-17-13-16-18(20(29-3)19(17)28-2)23-14-24-21(16)25-11-9-22(26,10-12-25)15-7-5-4-6-8-15/h4-8,13-14,26H,9-12H2,1-3H3. The van der Waals surface area contributed by atoms with Gasteiger partial charge in [-0.05, 0) is 24.5 Å². The number of aromatic nitrogens is 2. The Balaban J connectivity index is 1.70. The van der Waals surface area contributed by atoms with Crippen molar-refractivity contribution in [1.29, 1.82) is 0 Å². The van der Waals surface area contributed by atoms with Crippen LogP contribution in [-0.2, 0) is 5.60 Å². The second-order valence-corrected chi connectivity index (χ2v) is 7.12. The van der Waals surface area contributed by atoms with Crippen molar-refractivity contribution >= 4 is 16.7 Å². The van der Waals surface area contributed by atoms with E-state index in [-0.39, 0.29) is 0 Å². The second-order valence-electron chi connectivity index (χ2n) is 7.12. The maximum Gasteiger partial charge on any atom is 0.205 e. The van der Waals surface area contributed by atoms with E-state index in [1.165, 1.54) is 6.33 Å². The first-order chi connectivity index (χ1) is 14.1. The van der Waals surface area contributed by atoms with E-state index in [1.54, 1.807) is 21.3 Å². The van der Waals surface area contributed by atoms with E-state index in [0.717, 1.165) is 16.8 Å². The molecule has 0 amide bonds. The Morgan fingerprint density at radius 2 is 1.62 bits per heavy atom. The summed E-state index contributed by atoms with van der Waals surface area (Å²) in [5.74, 6) is 2.38. The first-order valence-corrected chi connectivity index (χ1v) is 9.58. The van der Waals surface area contributed by atoms with E-state index < -0.39 is 5.60 Å². The highest BCUT2D eigenvalue weighted by molar-refractivity contribution is 5.97. The van der Waals surface area contributed by atoms with Gasteiger partial charge in [-0.2, -0.15) is 0 Å². The second kappa shape index (κ2) is 7.75. The Kier molecular flexibility index (Phi) is 5.15. The smallest absolute Gasteiger partial charge is 0.205 e. The largest absolute Gasteiger partial charge is 0.493 e. The molecule has 1 fully saturated rings. The van der Waals surface area contributed by atoms with Crippen LogP contribution >= 0.6 is 0 Å². The number of nitrogens with zero attached hydrogens (tertiary/aromatic N) is 3. The van der Waals surface area contributed by atoms with Crippen LogP contribution in [0.4, 0.5) is 5.82 Å². The number of hydrogen-bond donors (Lipinski definition) is 1. The molecule has 0 atom stereocenters. The Labute approximate surface area is 169 Å². The topological polar surface area (TPSA) is 76.9 Å². The quantitative estimate of drug-likeness (QED) is 0.711. The molecule has 1 aliphatic rings. The maximum absolute atomic E-state index is 11.1. The third-order valence-electron chi connectivity index (χ3n) is 5.61. The predicted molar refractivity (Wildman–Crippen MR) is 111 cm³/mol. The van der Waals surface area contributed by atoms with E-state index in [9.17, 15) is 5.11 Å². The van der Waals surface area contributed by atoms with Crippen LogP contribution in [-0.4, -0.2) is 49.5 Å². The Morgan fingerprint density at radius 1 is 0.931 bits per heavy atom. The first-order valence-electron chi connectivity index (χ1n) is 9.58. The summed E-state index contributed by atoms with van der Waals surface area (Å²) in [5, 5.41) is 12.0. The Bertz CT molecular complexity index is 1000. The molecule has 29 heavy (non-hydrogen) atoms. The van der Waals surface area contributed by atoms with Gasteiger partial charge in [0.1, 0.15) is 17.7 Å². The molecule has 2 aromatic carbocycles. The summed E-state index contributed by atoms with van der Waals surface area (Å²) in [4.78, 5) is 11.1. The number of aliphatic hydroxyl groups is 1. The molecule has 0 radical (unpaired) electrons. The van der Waals surface area contributed by atoms with Crippen LogP contribution in [0.5, 0.6) is 17.2 Å². The minimum absolute atomic E-state index is 0.504. The molecule has 1 saturated heterocycles. The van der Waals surface area contributed by atoms with E-state index in [1.807, 2.05) is 36.4 Å². The summed E-state index contributed by atoms with van der Waals surface area (Å²) in [5.41, 5.74) is 0.804. The zero-order valence-corrected chi connectivity index (χ0v) is 16.9. The number of ether oxygens (including phenoxy) is 3. The Morgan fingerprint density at radius 3 is 2.24 bits per heavy atom. The van der Waals surface area contributed by atoms with E-state index >= 15 is 0 Å². The summed E-state index contributed by atoms with van der Waals surface area (Å²) in [7, 11) is 4.75. The third kappa shape index (κ3) is 3.31. The summed E-state index contributed by atoms with van der Waals surface area (Å²) in [6, 6.07) is 11.7. The van der Waals surface area contributed by atoms with Gasteiger partial charge in [-0.25, -0.2) is 9.97 Å². The summed E-state index contributed by atoms with van der Waals surface area (Å²) in [6.07, 6.45) is 2.77. The maximum atomic E-state index is 11.1. The molecule has 2 heterocycles. The fourth-order valence-electron chi connectivity index (χ4n) is 4.03. The van der Waals surface area contributed by atoms with Crippen molar-refractivity contribution in [3.05, 3.63) is 48.3 Å². The molecule has 7 nitrogen and oxygen atoms in total. The summed E-state index contributed by atoms with van der Waals surface area (Å²) in [6.45, 7) is 1.35. The number of anilines is 1. The molecule has 1 aromatic heterocycles. The zero-order chi connectivity index (χ0) is 20.4. The molecular weight excluding hydrogens is 370 g/mol. The molecule has 1 aliphatic heterocycles. The fraction of sp³-hybridized carbons (Fsp3) is 0.364. The van der Waals surface area contributed by atoms with Crippen LogP contribution in [0.1, 0.15) is 18.4 Å². The van der Waals surface area contributed by atoms with Crippen molar-refractivity contribution in [2.45, 2.75) is 18.4 Å². The highest BCUT2D eigenvalue weighted by atomic mass is 16.5. The number of methoxy groups -OCH3 is 3. The lowest BCUT2D eigenvalue weighted by atomic mass is 9.84. The lowest BCUT2D eigenvalue weighted by Crippen LogP contribution is -2.43. The van der Waals surface area contributed by atoms with Crippen LogP contribution in [0.25, 0.3) is 10.9 Å². The average Bonchev–Trinajstić information content (AvgIpc) is 2.78. The highest BCUT2D eigenvalue weighted by Crippen LogP contribution is 2.45. The van der Waals surface area contributed by atoms with Crippen LogP contribution in [0.3, 0.4) is 0 Å². The summed E-state index contributed by atoms with van der Waals surface area (Å²) < 4.78 is 16.5. The van der Waals surface area contributed by atoms with Crippen molar-refractivity contribution in [2.75, 3.05) is 39.3 Å². The van der Waals surface area contributed by atoms with Crippen molar-refractivity contribution in [3.8, 4) is 17.2 Å². The van der Waals surface area contributed by atoms with Crippen molar-refractivity contribution in [3.63, 3.8) is 0 Å². The number of hydrogen-bond acceptors (Lipinski definition) is 7. The van der Waals surface area contributed by atoms with Gasteiger partial charge in [-0.3, -0.25) is 0 Å². The molecule has 0 spiro atoms. The van der Waals surface area contributed by atoms with Gasteiger partial charge in [-0.15, -0.1) is 0 Å². The number of piperidine rings is 1. The number of rotatable bonds is 5. The molecule has 4 rings (SSSR count). The van der Waals surface area contributed by atoms with Crippen LogP contribution < -0.4 is 19.1 Å². The van der Waals surface area contributed by atoms with Crippen molar-refractivity contribution < 1.29 is 19.3 Å². The minimum Gasteiger partial charge on any atom is -0.493 e. The molecule has 7 heteroatoms. The molecule has 0 unspecified atom stereocenters. The van der Waals surface area contributed by atoms with Crippen molar-refractivity contribution in [1.82, 2.24) is 9.97 Å². The fourth-order valence-corrected chi connectivity index (χ4v) is 4.03. The van der Waals surface area contributed by atoms with Crippen molar-refractivity contribution in [2.24, 2.45) is 0 Å². The van der Waals surface area contributed by atoms with Gasteiger partial charge in [-0.1, -0.05) is 30.3 Å². The van der Waals surface area contributed by atoms with E-state index in [4.69, 9.17) is 14.2 Å². The third-order valence-corrected chi connectivity index (χ3v) is 5.61. The van der Waals surface area contributed by atoms with E-state index in [2.05, 4.69) is 14.9 Å². The van der Waals surface area contributed by atoms with Gasteiger partial charge in [0.15, 0.2) is 11.5 Å². The predicted octanol–water partition coefficient (Wildman–Crippen LogP) is 3.14. The van der Waals surface area contributed by atoms with Gasteiger partial charge < -0.3 is 24.2 Å². The molecular formula is C22H25N3O4. The van der Waals surface area contributed by atoms with E-state index in [0.29, 0.717) is 48.7 Å². The molecule has 1 N–H and O–H groups in total. The average molecular weight is 395 g/mol. The molecule has 0 aliphatic carbocycles. The molecule has 0 saturated carbocycles. The van der Waals surface area contributed by atoms with Gasteiger partial charge >= 0.3 is 0 Å². The lowest BCUT2D eigenvalue weighted by Gasteiger charge is -2.39. The molecule has 0 bridgehead atoms. The van der Waals surface area contributed by atoms with Gasteiger partial charge in [0, 0.05) is 13.1 Å². The van der Waals surface area contributed by atoms with Crippen LogP contribution in [0, 0.1) is 0 Å². The van der Waals surface area contributed by atoms with Gasteiger partial charge in [0.25, 0.3) is 0 Å². The minimum atomic E-state index is -0.820. The van der Waals surface area contributed by atoms with Gasteiger partial charge in [0.05, 0.1) is 32.3 Å². The molecule has 3 aromatic rings. The highest BCUT2D eigenvalue weighted by Gasteiger charge is 2.35.